The molecule has 11 rings (SSSR count). The van der Waals surface area contributed by atoms with Gasteiger partial charge in [-0.05, 0) is 95.9 Å². The molecule has 8 aromatic carbocycles. The van der Waals surface area contributed by atoms with Crippen LogP contribution in [0.5, 0.6) is 0 Å². The molecule has 0 radical (unpaired) electrons. The molecule has 2 heterocycles. The van der Waals surface area contributed by atoms with Crippen molar-refractivity contribution >= 4 is 38.6 Å². The minimum atomic E-state index is -0.458. The van der Waals surface area contributed by atoms with Crippen molar-refractivity contribution in [2.45, 2.75) is 11.6 Å². The zero-order valence-electron chi connectivity index (χ0n) is 26.2. The van der Waals surface area contributed by atoms with Crippen molar-refractivity contribution in [3.05, 3.63) is 198 Å². The monoisotopic (exact) mass is 610 g/mol. The van der Waals surface area contributed by atoms with E-state index in [9.17, 15) is 0 Å². The van der Waals surface area contributed by atoms with Crippen LogP contribution in [0.2, 0.25) is 0 Å². The molecule has 3 aliphatic rings. The van der Waals surface area contributed by atoms with Crippen LogP contribution >= 0.6 is 0 Å². The Bertz CT molecular complexity index is 2620. The number of nitrogens with one attached hydrogen (secondary N) is 1. The molecule has 2 nitrogen and oxygen atoms in total. The molecule has 0 saturated heterocycles. The maximum atomic E-state index is 3.92. The van der Waals surface area contributed by atoms with Crippen molar-refractivity contribution in [1.82, 2.24) is 0 Å². The van der Waals surface area contributed by atoms with E-state index in [0.29, 0.717) is 0 Å². The highest BCUT2D eigenvalue weighted by Crippen LogP contribution is 2.66. The predicted octanol–water partition coefficient (Wildman–Crippen LogP) is 11.6. The van der Waals surface area contributed by atoms with E-state index < -0.39 is 5.41 Å². The van der Waals surface area contributed by atoms with E-state index in [1.807, 2.05) is 0 Å². The van der Waals surface area contributed by atoms with Crippen molar-refractivity contribution in [3.8, 4) is 22.3 Å². The van der Waals surface area contributed by atoms with Gasteiger partial charge < -0.3 is 10.2 Å². The Labute approximate surface area is 279 Å². The van der Waals surface area contributed by atoms with Crippen LogP contribution in [0.25, 0.3) is 43.8 Å². The maximum absolute atomic E-state index is 3.92. The number of benzene rings is 8. The Morgan fingerprint density at radius 2 is 1.15 bits per heavy atom. The summed E-state index contributed by atoms with van der Waals surface area (Å²) in [5, 5.41) is 9.06. The Hall–Kier alpha value is -6.12. The highest BCUT2D eigenvalue weighted by atomic mass is 15.3. The van der Waals surface area contributed by atoms with E-state index in [1.54, 1.807) is 0 Å². The normalized spacial score (nSPS) is 18.0. The minimum absolute atomic E-state index is 0.0111. The lowest BCUT2D eigenvalue weighted by atomic mass is 9.64. The van der Waals surface area contributed by atoms with E-state index in [-0.39, 0.29) is 6.17 Å². The summed E-state index contributed by atoms with van der Waals surface area (Å²) >= 11 is 0. The summed E-state index contributed by atoms with van der Waals surface area (Å²) in [4.78, 5) is 2.54. The SMILES string of the molecule is c1ccc(C2Nc3cccc4c3N2c2ccccc2C42c3ccccc3-c3ccc(-c4ccc5c(ccc6ccccc65)c4)cc32)cc1. The topological polar surface area (TPSA) is 15.3 Å². The van der Waals surface area contributed by atoms with Crippen LogP contribution in [0.15, 0.2) is 170 Å². The number of rotatable bonds is 2. The van der Waals surface area contributed by atoms with E-state index >= 15 is 0 Å². The first-order valence-electron chi connectivity index (χ1n) is 16.8. The average Bonchev–Trinajstić information content (AvgIpc) is 3.69. The first-order valence-corrected chi connectivity index (χ1v) is 16.8. The zero-order chi connectivity index (χ0) is 31.4. The van der Waals surface area contributed by atoms with Gasteiger partial charge in [0, 0.05) is 5.69 Å². The van der Waals surface area contributed by atoms with Gasteiger partial charge in [0.25, 0.3) is 0 Å². The molecule has 1 spiro atoms. The molecule has 1 N–H and O–H groups in total. The third-order valence-electron chi connectivity index (χ3n) is 11.0. The molecule has 0 aromatic heterocycles. The number of fused-ring (bicyclic) bond motifs is 12. The van der Waals surface area contributed by atoms with Gasteiger partial charge in [-0.2, -0.15) is 0 Å². The summed E-state index contributed by atoms with van der Waals surface area (Å²) in [5.74, 6) is 0. The molecule has 48 heavy (non-hydrogen) atoms. The van der Waals surface area contributed by atoms with Gasteiger partial charge in [-0.25, -0.2) is 0 Å². The second-order valence-electron chi connectivity index (χ2n) is 13.3. The second-order valence-corrected chi connectivity index (χ2v) is 13.3. The lowest BCUT2D eigenvalue weighted by molar-refractivity contribution is 0.720. The summed E-state index contributed by atoms with van der Waals surface area (Å²) in [5.41, 5.74) is 15.0. The highest BCUT2D eigenvalue weighted by Gasteiger charge is 2.54. The third-order valence-corrected chi connectivity index (χ3v) is 11.0. The van der Waals surface area contributed by atoms with Crippen LogP contribution in [0.3, 0.4) is 0 Å². The lowest BCUT2D eigenvalue weighted by Gasteiger charge is -2.44. The molecule has 0 bridgehead atoms. The van der Waals surface area contributed by atoms with E-state index in [4.69, 9.17) is 0 Å². The van der Waals surface area contributed by atoms with Gasteiger partial charge >= 0.3 is 0 Å². The highest BCUT2D eigenvalue weighted by molar-refractivity contribution is 6.08. The molecule has 224 valence electrons. The third kappa shape index (κ3) is 3.27. The van der Waals surface area contributed by atoms with Crippen molar-refractivity contribution in [2.24, 2.45) is 0 Å². The molecule has 2 atom stereocenters. The fraction of sp³-hybridized carbons (Fsp3) is 0.0435. The van der Waals surface area contributed by atoms with E-state index in [0.717, 1.165) is 0 Å². The Balaban J connectivity index is 1.18. The van der Waals surface area contributed by atoms with Gasteiger partial charge in [-0.1, -0.05) is 146 Å². The van der Waals surface area contributed by atoms with E-state index in [1.165, 1.54) is 88.7 Å². The molecule has 8 aromatic rings. The summed E-state index contributed by atoms with van der Waals surface area (Å²) in [6, 6.07) is 63.2. The lowest BCUT2D eigenvalue weighted by Crippen LogP contribution is -2.37. The van der Waals surface area contributed by atoms with Gasteiger partial charge in [-0.15, -0.1) is 0 Å². The second kappa shape index (κ2) is 9.47. The van der Waals surface area contributed by atoms with E-state index in [2.05, 4.69) is 180 Å². The van der Waals surface area contributed by atoms with Gasteiger partial charge in [0.05, 0.1) is 16.8 Å². The molecule has 2 heteroatoms. The van der Waals surface area contributed by atoms with Crippen LogP contribution in [-0.4, -0.2) is 0 Å². The summed E-state index contributed by atoms with van der Waals surface area (Å²) in [7, 11) is 0. The summed E-state index contributed by atoms with van der Waals surface area (Å²) in [6.07, 6.45) is 0.0111. The predicted molar refractivity (Wildman–Crippen MR) is 199 cm³/mol. The number of anilines is 3. The first-order chi connectivity index (χ1) is 23.8. The van der Waals surface area contributed by atoms with Crippen LogP contribution in [0.4, 0.5) is 17.1 Å². The van der Waals surface area contributed by atoms with Gasteiger partial charge in [0.2, 0.25) is 0 Å². The van der Waals surface area contributed by atoms with Crippen molar-refractivity contribution in [1.29, 1.82) is 0 Å². The smallest absolute Gasteiger partial charge is 0.130 e. The van der Waals surface area contributed by atoms with Gasteiger partial charge in [0.1, 0.15) is 6.17 Å². The Kier molecular flexibility index (Phi) is 5.13. The summed E-state index contributed by atoms with van der Waals surface area (Å²) < 4.78 is 0. The molecular weight excluding hydrogens is 581 g/mol. The number of para-hydroxylation sites is 2. The quantitative estimate of drug-likeness (QED) is 0.196. The van der Waals surface area contributed by atoms with Crippen LogP contribution in [0.1, 0.15) is 34.0 Å². The van der Waals surface area contributed by atoms with Gasteiger partial charge in [-0.3, -0.25) is 0 Å². The minimum Gasteiger partial charge on any atom is -0.359 e. The first kappa shape index (κ1) is 26.0. The molecule has 0 saturated carbocycles. The van der Waals surface area contributed by atoms with Gasteiger partial charge in [0.15, 0.2) is 0 Å². The van der Waals surface area contributed by atoms with Crippen molar-refractivity contribution < 1.29 is 0 Å². The van der Waals surface area contributed by atoms with Crippen LogP contribution in [-0.2, 0) is 5.41 Å². The van der Waals surface area contributed by atoms with Crippen molar-refractivity contribution in [3.63, 3.8) is 0 Å². The molecular formula is C46H30N2. The summed E-state index contributed by atoms with van der Waals surface area (Å²) in [6.45, 7) is 0. The van der Waals surface area contributed by atoms with Crippen molar-refractivity contribution in [2.75, 3.05) is 10.2 Å². The standard InChI is InChI=1S/C46H30N2/c1-2-12-30(13-3-1)45-47-42-19-10-18-40-44(42)48(45)43-20-9-8-17-39(43)46(40)38-16-7-6-15-36(38)37-26-24-32(28-41(37)46)31-23-25-35-33(27-31)22-21-29-11-4-5-14-34(29)35/h1-28,45,47H. The fourth-order valence-electron chi connectivity index (χ4n) is 9.07. The molecule has 2 unspecified atom stereocenters. The molecule has 0 amide bonds. The number of nitrogens with zero attached hydrogens (tertiary/aromatic N) is 1. The number of hydrogen-bond donors (Lipinski definition) is 1. The Morgan fingerprint density at radius 1 is 0.458 bits per heavy atom. The molecule has 1 aliphatic carbocycles. The fourth-order valence-corrected chi connectivity index (χ4v) is 9.07. The van der Waals surface area contributed by atoms with Crippen LogP contribution in [0, 0.1) is 0 Å². The molecule has 2 aliphatic heterocycles. The molecule has 0 fully saturated rings. The van der Waals surface area contributed by atoms with Crippen LogP contribution < -0.4 is 10.2 Å². The average molecular weight is 611 g/mol. The largest absolute Gasteiger partial charge is 0.359 e. The zero-order valence-corrected chi connectivity index (χ0v) is 26.2. The Morgan fingerprint density at radius 3 is 2.08 bits per heavy atom. The number of hydrogen-bond acceptors (Lipinski definition) is 2. The maximum Gasteiger partial charge on any atom is 0.130 e.